The molecular formula is C21H21FN4S. The van der Waals surface area contributed by atoms with E-state index in [2.05, 4.69) is 41.0 Å². The number of nitrogens with zero attached hydrogens (tertiary/aromatic N) is 3. The predicted molar refractivity (Wildman–Crippen MR) is 109 cm³/mol. The molecule has 2 aromatic heterocycles. The molecule has 0 unspecified atom stereocenters. The van der Waals surface area contributed by atoms with Crippen molar-refractivity contribution in [2.75, 3.05) is 4.90 Å². The molecule has 0 radical (unpaired) electrons. The van der Waals surface area contributed by atoms with Gasteiger partial charge in [-0.1, -0.05) is 18.2 Å². The molecule has 3 aromatic rings. The summed E-state index contributed by atoms with van der Waals surface area (Å²) in [5, 5.41) is 3.86. The summed E-state index contributed by atoms with van der Waals surface area (Å²) in [7, 11) is 0. The van der Waals surface area contributed by atoms with E-state index in [0.717, 1.165) is 11.4 Å². The van der Waals surface area contributed by atoms with Gasteiger partial charge in [-0.3, -0.25) is 4.98 Å². The van der Waals surface area contributed by atoms with Crippen LogP contribution in [0.4, 0.5) is 10.1 Å². The molecule has 0 aliphatic carbocycles. The number of halogens is 1. The van der Waals surface area contributed by atoms with Gasteiger partial charge in [-0.15, -0.1) is 0 Å². The Bertz CT molecular complexity index is 954. The van der Waals surface area contributed by atoms with Gasteiger partial charge in [-0.25, -0.2) is 4.39 Å². The maximum Gasteiger partial charge on any atom is 0.174 e. The summed E-state index contributed by atoms with van der Waals surface area (Å²) in [6.07, 6.45) is 3.82. The number of hydrogen-bond acceptors (Lipinski definition) is 2. The van der Waals surface area contributed by atoms with Crippen LogP contribution in [0.3, 0.4) is 0 Å². The first-order chi connectivity index (χ1) is 13.1. The Labute approximate surface area is 163 Å². The molecule has 0 bridgehead atoms. The zero-order valence-corrected chi connectivity index (χ0v) is 16.0. The molecule has 2 atom stereocenters. The second-order valence-electron chi connectivity index (χ2n) is 6.88. The van der Waals surface area contributed by atoms with Crippen LogP contribution in [0.25, 0.3) is 0 Å². The normalized spacial score (nSPS) is 19.6. The molecule has 1 N–H and O–H groups in total. The van der Waals surface area contributed by atoms with Gasteiger partial charge in [-0.2, -0.15) is 0 Å². The molecular weight excluding hydrogens is 359 g/mol. The van der Waals surface area contributed by atoms with Crippen LogP contribution < -0.4 is 10.2 Å². The number of anilines is 1. The summed E-state index contributed by atoms with van der Waals surface area (Å²) >= 11 is 5.63. The molecule has 6 heteroatoms. The summed E-state index contributed by atoms with van der Waals surface area (Å²) in [6, 6.07) is 16.5. The van der Waals surface area contributed by atoms with Crippen molar-refractivity contribution in [1.82, 2.24) is 14.9 Å². The third kappa shape index (κ3) is 3.10. The van der Waals surface area contributed by atoms with E-state index in [0.29, 0.717) is 10.8 Å². The van der Waals surface area contributed by atoms with E-state index in [9.17, 15) is 4.39 Å². The van der Waals surface area contributed by atoms with Gasteiger partial charge in [0.05, 0.1) is 17.4 Å². The van der Waals surface area contributed by atoms with E-state index in [4.69, 9.17) is 12.2 Å². The van der Waals surface area contributed by atoms with Crippen molar-refractivity contribution >= 4 is 23.0 Å². The van der Waals surface area contributed by atoms with Gasteiger partial charge in [0.15, 0.2) is 5.11 Å². The molecule has 1 aliphatic heterocycles. The van der Waals surface area contributed by atoms with Crippen molar-refractivity contribution < 1.29 is 4.39 Å². The van der Waals surface area contributed by atoms with Crippen molar-refractivity contribution in [3.05, 3.63) is 84.2 Å². The first kappa shape index (κ1) is 17.7. The number of benzene rings is 1. The predicted octanol–water partition coefficient (Wildman–Crippen LogP) is 4.78. The number of nitrogens with one attached hydrogen (secondary N) is 1. The van der Waals surface area contributed by atoms with Crippen LogP contribution in [-0.2, 0) is 0 Å². The molecule has 0 saturated carbocycles. The minimum atomic E-state index is -0.295. The summed E-state index contributed by atoms with van der Waals surface area (Å²) in [4.78, 5) is 6.40. The summed E-state index contributed by atoms with van der Waals surface area (Å²) < 4.78 is 16.9. The van der Waals surface area contributed by atoms with Crippen LogP contribution in [0.15, 0.2) is 67.0 Å². The number of rotatable bonds is 4. The molecule has 1 saturated heterocycles. The lowest BCUT2D eigenvalue weighted by atomic mass is 10.0. The molecule has 27 heavy (non-hydrogen) atoms. The number of pyridine rings is 1. The number of aromatic nitrogens is 2. The number of thiocarbonyl (C=S) groups is 1. The molecule has 0 amide bonds. The quantitative estimate of drug-likeness (QED) is 0.661. The fraction of sp³-hybridized carbons (Fsp3) is 0.238. The minimum absolute atomic E-state index is 0.175. The third-order valence-electron chi connectivity index (χ3n) is 4.88. The third-order valence-corrected chi connectivity index (χ3v) is 5.20. The van der Waals surface area contributed by atoms with E-state index in [1.54, 1.807) is 18.3 Å². The van der Waals surface area contributed by atoms with Gasteiger partial charge < -0.3 is 14.8 Å². The molecule has 1 aromatic carbocycles. The highest BCUT2D eigenvalue weighted by molar-refractivity contribution is 7.80. The number of para-hydroxylation sites is 1. The van der Waals surface area contributed by atoms with E-state index in [-0.39, 0.29) is 23.9 Å². The lowest BCUT2D eigenvalue weighted by Gasteiger charge is -2.30. The maximum absolute atomic E-state index is 14.7. The summed E-state index contributed by atoms with van der Waals surface area (Å²) in [5.74, 6) is -0.295. The van der Waals surface area contributed by atoms with Crippen LogP contribution >= 0.6 is 12.2 Å². The first-order valence-electron chi connectivity index (χ1n) is 9.00. The van der Waals surface area contributed by atoms with E-state index in [1.165, 1.54) is 6.07 Å². The Morgan fingerprint density at radius 3 is 2.56 bits per heavy atom. The largest absolute Gasteiger partial charge is 0.351 e. The van der Waals surface area contributed by atoms with Crippen molar-refractivity contribution in [3.8, 4) is 0 Å². The van der Waals surface area contributed by atoms with Gasteiger partial charge in [0, 0.05) is 24.1 Å². The Kier molecular flexibility index (Phi) is 4.66. The molecule has 0 spiro atoms. The molecule has 1 fully saturated rings. The topological polar surface area (TPSA) is 33.1 Å². The molecule has 4 rings (SSSR count). The SMILES string of the molecule is CC(C)n1cccc1[C@@H]1[C@@H](c2ccccn2)NC(=S)N1c1ccccc1F. The number of hydrogen-bond donors (Lipinski definition) is 1. The van der Waals surface area contributed by atoms with Gasteiger partial charge in [0.1, 0.15) is 11.9 Å². The second-order valence-corrected chi connectivity index (χ2v) is 7.27. The smallest absolute Gasteiger partial charge is 0.174 e. The van der Waals surface area contributed by atoms with Crippen LogP contribution in [-0.4, -0.2) is 14.7 Å². The van der Waals surface area contributed by atoms with Crippen molar-refractivity contribution in [2.45, 2.75) is 32.0 Å². The van der Waals surface area contributed by atoms with Gasteiger partial charge in [0.2, 0.25) is 0 Å². The highest BCUT2D eigenvalue weighted by Gasteiger charge is 2.42. The van der Waals surface area contributed by atoms with E-state index >= 15 is 0 Å². The molecule has 3 heterocycles. The fourth-order valence-corrected chi connectivity index (χ4v) is 4.03. The average Bonchev–Trinajstić information content (AvgIpc) is 3.27. The zero-order chi connectivity index (χ0) is 19.0. The van der Waals surface area contributed by atoms with Crippen molar-refractivity contribution in [1.29, 1.82) is 0 Å². The fourth-order valence-electron chi connectivity index (χ4n) is 3.69. The lowest BCUT2D eigenvalue weighted by Crippen LogP contribution is -2.31. The lowest BCUT2D eigenvalue weighted by molar-refractivity contribution is 0.494. The van der Waals surface area contributed by atoms with Crippen LogP contribution in [0.5, 0.6) is 0 Å². The van der Waals surface area contributed by atoms with Gasteiger partial charge >= 0.3 is 0 Å². The van der Waals surface area contributed by atoms with E-state index < -0.39 is 0 Å². The average molecular weight is 380 g/mol. The van der Waals surface area contributed by atoms with Gasteiger partial charge in [-0.05, 0) is 62.5 Å². The first-order valence-corrected chi connectivity index (χ1v) is 9.40. The van der Waals surface area contributed by atoms with E-state index in [1.807, 2.05) is 35.2 Å². The van der Waals surface area contributed by atoms with Crippen LogP contribution in [0.2, 0.25) is 0 Å². The Morgan fingerprint density at radius 2 is 1.85 bits per heavy atom. The standard InChI is InChI=1S/C21H21FN4S/c1-14(2)25-13-7-11-18(25)20-19(16-9-5-6-12-23-16)24-21(27)26(20)17-10-4-3-8-15(17)22/h3-14,19-20H,1-2H3,(H,24,27)/t19-,20-/m1/s1. The Hall–Kier alpha value is -2.73. The molecule has 4 nitrogen and oxygen atoms in total. The Balaban J connectivity index is 1.88. The zero-order valence-electron chi connectivity index (χ0n) is 15.2. The van der Waals surface area contributed by atoms with Crippen molar-refractivity contribution in [3.63, 3.8) is 0 Å². The molecule has 138 valence electrons. The van der Waals surface area contributed by atoms with Crippen LogP contribution in [0, 0.1) is 5.82 Å². The van der Waals surface area contributed by atoms with Crippen LogP contribution in [0.1, 0.15) is 43.4 Å². The summed E-state index contributed by atoms with van der Waals surface area (Å²) in [6.45, 7) is 4.26. The summed E-state index contributed by atoms with van der Waals surface area (Å²) in [5.41, 5.74) is 2.41. The Morgan fingerprint density at radius 1 is 1.07 bits per heavy atom. The second kappa shape index (κ2) is 7.12. The minimum Gasteiger partial charge on any atom is -0.351 e. The maximum atomic E-state index is 14.7. The highest BCUT2D eigenvalue weighted by atomic mass is 32.1. The highest BCUT2D eigenvalue weighted by Crippen LogP contribution is 2.42. The monoisotopic (exact) mass is 380 g/mol. The van der Waals surface area contributed by atoms with Gasteiger partial charge in [0.25, 0.3) is 0 Å². The van der Waals surface area contributed by atoms with Crippen molar-refractivity contribution in [2.24, 2.45) is 0 Å². The molecule has 1 aliphatic rings.